The Labute approximate surface area is 210 Å². The molecule has 36 heavy (non-hydrogen) atoms. The lowest BCUT2D eigenvalue weighted by molar-refractivity contribution is -0.607. The summed E-state index contributed by atoms with van der Waals surface area (Å²) in [5, 5.41) is 14.5. The molecule has 0 radical (unpaired) electrons. The van der Waals surface area contributed by atoms with Gasteiger partial charge in [-0.05, 0) is 43.9 Å². The largest absolute Gasteiger partial charge is 0.619 e. The van der Waals surface area contributed by atoms with Crippen molar-refractivity contribution < 1.29 is 27.5 Å². The van der Waals surface area contributed by atoms with Gasteiger partial charge < -0.3 is 15.4 Å². The van der Waals surface area contributed by atoms with Gasteiger partial charge in [0, 0.05) is 18.2 Å². The Morgan fingerprint density at radius 2 is 1.89 bits per heavy atom. The van der Waals surface area contributed by atoms with Gasteiger partial charge in [0.25, 0.3) is 5.91 Å². The molecule has 192 valence electrons. The number of nitrogens with zero attached hydrogens (tertiary/aromatic N) is 3. The number of aryl methyl sites for hydroxylation is 1. The minimum Gasteiger partial charge on any atom is -0.619 e. The Bertz CT molecular complexity index is 1280. The molecule has 4 rings (SSSR count). The first kappa shape index (κ1) is 25.8. The number of carbonyl (C=O) groups is 3. The SMILES string of the molecule is Cc1ccc(C(=O)NC(CC(C)C)C(=O)N2CCC3C2C(=O)CN3S(=O)(=O)c2ccc[n+]([O-])c2)cc1. The molecule has 3 unspecified atom stereocenters. The summed E-state index contributed by atoms with van der Waals surface area (Å²) in [6, 6.07) is 7.12. The van der Waals surface area contributed by atoms with Gasteiger partial charge in [-0.25, -0.2) is 8.42 Å². The molecule has 1 aromatic carbocycles. The summed E-state index contributed by atoms with van der Waals surface area (Å²) in [5.41, 5.74) is 1.43. The molecule has 10 nitrogen and oxygen atoms in total. The van der Waals surface area contributed by atoms with E-state index in [4.69, 9.17) is 0 Å². The molecule has 2 fully saturated rings. The zero-order chi connectivity index (χ0) is 26.2. The lowest BCUT2D eigenvalue weighted by atomic mass is 10.0. The number of Topliss-reactive ketones (excluding diaryl/α,β-unsaturated/α-hetero) is 1. The Morgan fingerprint density at radius 3 is 2.53 bits per heavy atom. The number of sulfonamides is 1. The highest BCUT2D eigenvalue weighted by Gasteiger charge is 2.54. The Kier molecular flexibility index (Phi) is 7.14. The normalized spacial score (nSPS) is 21.0. The first-order valence-electron chi connectivity index (χ1n) is 11.9. The Balaban J connectivity index is 1.55. The van der Waals surface area contributed by atoms with Gasteiger partial charge in [0.15, 0.2) is 18.2 Å². The van der Waals surface area contributed by atoms with Crippen molar-refractivity contribution in [3.8, 4) is 0 Å². The number of amides is 2. The van der Waals surface area contributed by atoms with E-state index in [-0.39, 0.29) is 42.0 Å². The summed E-state index contributed by atoms with van der Waals surface area (Å²) in [6.07, 6.45) is 2.77. The van der Waals surface area contributed by atoms with Gasteiger partial charge in [0.2, 0.25) is 15.9 Å². The van der Waals surface area contributed by atoms with E-state index in [1.54, 1.807) is 12.1 Å². The molecule has 1 aromatic heterocycles. The third kappa shape index (κ3) is 4.98. The number of likely N-dealkylation sites (tertiary alicyclic amines) is 1. The molecule has 0 saturated carbocycles. The van der Waals surface area contributed by atoms with Crippen molar-refractivity contribution in [3.05, 3.63) is 65.1 Å². The lowest BCUT2D eigenvalue weighted by Crippen LogP contribution is -2.53. The van der Waals surface area contributed by atoms with E-state index in [1.165, 1.54) is 23.2 Å². The molecule has 11 heteroatoms. The molecule has 2 aliphatic rings. The second-order valence-electron chi connectivity index (χ2n) is 9.77. The van der Waals surface area contributed by atoms with E-state index in [1.807, 2.05) is 32.9 Å². The van der Waals surface area contributed by atoms with Crippen LogP contribution in [0.1, 0.15) is 42.6 Å². The van der Waals surface area contributed by atoms with Crippen LogP contribution in [0.25, 0.3) is 0 Å². The fraction of sp³-hybridized carbons (Fsp3) is 0.440. The molecule has 0 spiro atoms. The maximum atomic E-state index is 13.6. The lowest BCUT2D eigenvalue weighted by Gasteiger charge is -2.29. The van der Waals surface area contributed by atoms with Crippen molar-refractivity contribution in [1.29, 1.82) is 0 Å². The second-order valence-corrected chi connectivity index (χ2v) is 11.7. The monoisotopic (exact) mass is 514 g/mol. The van der Waals surface area contributed by atoms with Gasteiger partial charge >= 0.3 is 0 Å². The van der Waals surface area contributed by atoms with Gasteiger partial charge in [-0.15, -0.1) is 0 Å². The summed E-state index contributed by atoms with van der Waals surface area (Å²) in [6.45, 7) is 5.59. The molecule has 0 aliphatic carbocycles. The molecule has 0 bridgehead atoms. The van der Waals surface area contributed by atoms with E-state index in [9.17, 15) is 28.0 Å². The van der Waals surface area contributed by atoms with E-state index in [0.29, 0.717) is 16.7 Å². The summed E-state index contributed by atoms with van der Waals surface area (Å²) in [5.74, 6) is -1.08. The number of ketones is 1. The third-order valence-corrected chi connectivity index (χ3v) is 8.49. The van der Waals surface area contributed by atoms with Crippen LogP contribution in [-0.2, 0) is 19.6 Å². The van der Waals surface area contributed by atoms with Crippen LogP contribution in [0.3, 0.4) is 0 Å². The van der Waals surface area contributed by atoms with Crippen LogP contribution >= 0.6 is 0 Å². The second kappa shape index (κ2) is 9.98. The molecule has 3 heterocycles. The molecule has 3 atom stereocenters. The van der Waals surface area contributed by atoms with Crippen LogP contribution < -0.4 is 10.0 Å². The molecule has 2 amide bonds. The Morgan fingerprint density at radius 1 is 1.19 bits per heavy atom. The number of carbonyl (C=O) groups excluding carboxylic acids is 3. The molecule has 2 aromatic rings. The summed E-state index contributed by atoms with van der Waals surface area (Å²) in [7, 11) is -4.11. The summed E-state index contributed by atoms with van der Waals surface area (Å²) < 4.78 is 27.9. The van der Waals surface area contributed by atoms with Crippen molar-refractivity contribution in [1.82, 2.24) is 14.5 Å². The van der Waals surface area contributed by atoms with Crippen molar-refractivity contribution in [2.75, 3.05) is 13.1 Å². The highest BCUT2D eigenvalue weighted by atomic mass is 32.2. The van der Waals surface area contributed by atoms with Gasteiger partial charge in [-0.2, -0.15) is 9.04 Å². The van der Waals surface area contributed by atoms with Gasteiger partial charge in [0.1, 0.15) is 17.0 Å². The standard InChI is InChI=1S/C25H30N4O6S/c1-16(2)13-20(26-24(31)18-8-6-17(3)7-9-18)25(32)28-12-10-21-23(28)22(30)15-29(21)36(34,35)19-5-4-11-27(33)14-19/h4-9,11,14,16,20-21,23H,10,12-13,15H2,1-3H3,(H,26,31). The first-order chi connectivity index (χ1) is 17.0. The average Bonchev–Trinajstić information content (AvgIpc) is 3.40. The minimum absolute atomic E-state index is 0.0868. The predicted octanol–water partition coefficient (Wildman–Crippen LogP) is 1.02. The average molecular weight is 515 g/mol. The first-order valence-corrected chi connectivity index (χ1v) is 13.3. The highest BCUT2D eigenvalue weighted by molar-refractivity contribution is 7.89. The van der Waals surface area contributed by atoms with E-state index >= 15 is 0 Å². The maximum Gasteiger partial charge on any atom is 0.251 e. The van der Waals surface area contributed by atoms with Gasteiger partial charge in [-0.3, -0.25) is 14.4 Å². The van der Waals surface area contributed by atoms with E-state index in [2.05, 4.69) is 5.32 Å². The number of fused-ring (bicyclic) bond motifs is 1. The minimum atomic E-state index is -4.11. The van der Waals surface area contributed by atoms with Crippen molar-refractivity contribution in [2.45, 2.75) is 56.6 Å². The third-order valence-electron chi connectivity index (χ3n) is 6.64. The number of hydrogen-bond acceptors (Lipinski definition) is 6. The fourth-order valence-electron chi connectivity index (χ4n) is 4.90. The summed E-state index contributed by atoms with van der Waals surface area (Å²) in [4.78, 5) is 40.7. The highest BCUT2D eigenvalue weighted by Crippen LogP contribution is 2.34. The molecule has 2 aliphatic heterocycles. The van der Waals surface area contributed by atoms with Crippen molar-refractivity contribution in [2.24, 2.45) is 5.92 Å². The number of nitrogens with one attached hydrogen (secondary N) is 1. The topological polar surface area (TPSA) is 131 Å². The van der Waals surface area contributed by atoms with Crippen LogP contribution in [0.4, 0.5) is 0 Å². The molecule has 2 saturated heterocycles. The van der Waals surface area contributed by atoms with Crippen molar-refractivity contribution in [3.63, 3.8) is 0 Å². The molecule has 1 N–H and O–H groups in total. The van der Waals surface area contributed by atoms with E-state index < -0.39 is 34.1 Å². The number of pyridine rings is 1. The van der Waals surface area contributed by atoms with Crippen LogP contribution in [-0.4, -0.2) is 66.4 Å². The van der Waals surface area contributed by atoms with Crippen molar-refractivity contribution >= 4 is 27.6 Å². The number of rotatable bonds is 7. The fourth-order valence-corrected chi connectivity index (χ4v) is 6.54. The molecular formula is C25H30N4O6S. The molecular weight excluding hydrogens is 484 g/mol. The van der Waals surface area contributed by atoms with Crippen LogP contribution in [0, 0.1) is 18.0 Å². The number of hydrogen-bond donors (Lipinski definition) is 1. The maximum absolute atomic E-state index is 13.6. The van der Waals surface area contributed by atoms with Crippen LogP contribution in [0.15, 0.2) is 53.7 Å². The van der Waals surface area contributed by atoms with Gasteiger partial charge in [0.05, 0.1) is 12.6 Å². The van der Waals surface area contributed by atoms with E-state index in [0.717, 1.165) is 16.1 Å². The number of aromatic nitrogens is 1. The van der Waals surface area contributed by atoms with Crippen LogP contribution in [0.5, 0.6) is 0 Å². The zero-order valence-electron chi connectivity index (χ0n) is 20.5. The quantitative estimate of drug-likeness (QED) is 0.434. The zero-order valence-corrected chi connectivity index (χ0v) is 21.3. The van der Waals surface area contributed by atoms with Crippen LogP contribution in [0.2, 0.25) is 0 Å². The van der Waals surface area contributed by atoms with Gasteiger partial charge in [-0.1, -0.05) is 31.5 Å². The number of benzene rings is 1. The summed E-state index contributed by atoms with van der Waals surface area (Å²) >= 11 is 0. The Hall–Kier alpha value is -3.31. The predicted molar refractivity (Wildman–Crippen MR) is 130 cm³/mol. The smallest absolute Gasteiger partial charge is 0.251 e.